The number of nitrogens with zero attached hydrogens (tertiary/aromatic N) is 1. The molecule has 2 rings (SSSR count). The number of likely N-dealkylation sites (tertiary alicyclic amines) is 1. The van der Waals surface area contributed by atoms with Crippen molar-refractivity contribution in [1.82, 2.24) is 4.90 Å². The normalized spacial score (nSPS) is 29.2. The smallest absolute Gasteiger partial charge is 0.410 e. The van der Waals surface area contributed by atoms with Crippen molar-refractivity contribution in [2.75, 3.05) is 26.3 Å². The van der Waals surface area contributed by atoms with Gasteiger partial charge in [-0.05, 0) is 20.8 Å². The third-order valence-corrected chi connectivity index (χ3v) is 2.86. The average molecular weight is 259 g/mol. The van der Waals surface area contributed by atoms with Crippen LogP contribution in [0.3, 0.4) is 0 Å². The summed E-state index contributed by atoms with van der Waals surface area (Å²) in [4.78, 5) is 13.3. The topological polar surface area (TPSA) is 68.2 Å². The zero-order valence-electron chi connectivity index (χ0n) is 11.1. The molecule has 2 atom stereocenters. The standard InChI is InChI=1S/C12H21NO5/c1-12(2,3)18-11(15)13-4-9(14)10(5-13)17-8-6-16-7-8/h8-10,14H,4-7H2,1-3H3/t9-,10-/m1/s1. The molecule has 0 saturated carbocycles. The first-order valence-electron chi connectivity index (χ1n) is 6.24. The monoisotopic (exact) mass is 259 g/mol. The van der Waals surface area contributed by atoms with Crippen molar-refractivity contribution >= 4 is 6.09 Å². The van der Waals surface area contributed by atoms with Crippen LogP contribution in [0.5, 0.6) is 0 Å². The molecule has 0 aromatic heterocycles. The van der Waals surface area contributed by atoms with Gasteiger partial charge in [0.15, 0.2) is 0 Å². The second-order valence-electron chi connectivity index (χ2n) is 5.79. The SMILES string of the molecule is CC(C)(C)OC(=O)N1C[C@@H](O)[C@H](OC2COC2)C1. The molecule has 0 spiro atoms. The molecule has 0 aliphatic carbocycles. The first-order valence-corrected chi connectivity index (χ1v) is 6.24. The van der Waals surface area contributed by atoms with E-state index in [9.17, 15) is 9.90 Å². The van der Waals surface area contributed by atoms with E-state index in [1.54, 1.807) is 0 Å². The van der Waals surface area contributed by atoms with Crippen LogP contribution in [0.25, 0.3) is 0 Å². The molecule has 0 aromatic carbocycles. The highest BCUT2D eigenvalue weighted by Gasteiger charge is 2.39. The Hall–Kier alpha value is -0.850. The number of hydrogen-bond donors (Lipinski definition) is 1. The molecule has 2 saturated heterocycles. The molecule has 2 fully saturated rings. The van der Waals surface area contributed by atoms with Crippen molar-refractivity contribution in [1.29, 1.82) is 0 Å². The van der Waals surface area contributed by atoms with Crippen LogP contribution >= 0.6 is 0 Å². The lowest BCUT2D eigenvalue weighted by Crippen LogP contribution is -2.42. The van der Waals surface area contributed by atoms with Gasteiger partial charge in [-0.3, -0.25) is 0 Å². The van der Waals surface area contributed by atoms with E-state index in [0.29, 0.717) is 19.8 Å². The number of rotatable bonds is 2. The number of carbonyl (C=O) groups is 1. The minimum Gasteiger partial charge on any atom is -0.444 e. The fourth-order valence-electron chi connectivity index (χ4n) is 1.91. The van der Waals surface area contributed by atoms with Gasteiger partial charge in [-0.15, -0.1) is 0 Å². The molecular weight excluding hydrogens is 238 g/mol. The van der Waals surface area contributed by atoms with Gasteiger partial charge >= 0.3 is 6.09 Å². The summed E-state index contributed by atoms with van der Waals surface area (Å²) in [6, 6.07) is 0. The van der Waals surface area contributed by atoms with Crippen molar-refractivity contribution < 1.29 is 24.1 Å². The molecule has 2 heterocycles. The maximum atomic E-state index is 11.8. The van der Waals surface area contributed by atoms with E-state index in [4.69, 9.17) is 14.2 Å². The summed E-state index contributed by atoms with van der Waals surface area (Å²) < 4.78 is 15.9. The molecule has 0 unspecified atom stereocenters. The molecule has 6 nitrogen and oxygen atoms in total. The summed E-state index contributed by atoms with van der Waals surface area (Å²) in [6.45, 7) is 7.20. The number of aliphatic hydroxyl groups is 1. The summed E-state index contributed by atoms with van der Waals surface area (Å²) in [5.41, 5.74) is -0.525. The first-order chi connectivity index (χ1) is 8.35. The van der Waals surface area contributed by atoms with E-state index >= 15 is 0 Å². The summed E-state index contributed by atoms with van der Waals surface area (Å²) in [7, 11) is 0. The van der Waals surface area contributed by atoms with Crippen LogP contribution in [-0.2, 0) is 14.2 Å². The minimum atomic E-state index is -0.655. The van der Waals surface area contributed by atoms with Crippen LogP contribution in [0.15, 0.2) is 0 Å². The van der Waals surface area contributed by atoms with Gasteiger partial charge < -0.3 is 24.2 Å². The number of hydrogen-bond acceptors (Lipinski definition) is 5. The highest BCUT2D eigenvalue weighted by Crippen LogP contribution is 2.20. The number of carbonyl (C=O) groups excluding carboxylic acids is 1. The highest BCUT2D eigenvalue weighted by molar-refractivity contribution is 5.68. The lowest BCUT2D eigenvalue weighted by atomic mass is 10.2. The molecular formula is C12H21NO5. The van der Waals surface area contributed by atoms with Gasteiger partial charge in [-0.25, -0.2) is 4.79 Å². The van der Waals surface area contributed by atoms with Crippen LogP contribution in [0.4, 0.5) is 4.79 Å². The third kappa shape index (κ3) is 3.34. The van der Waals surface area contributed by atoms with E-state index in [1.807, 2.05) is 20.8 Å². The third-order valence-electron chi connectivity index (χ3n) is 2.86. The summed E-state index contributed by atoms with van der Waals surface area (Å²) in [6.07, 6.45) is -1.36. The molecule has 6 heteroatoms. The van der Waals surface area contributed by atoms with Gasteiger partial charge in [-0.2, -0.15) is 0 Å². The first kappa shape index (κ1) is 13.6. The molecule has 2 aliphatic rings. The number of β-amino-alcohol motifs (C(OH)–C–C–N with tert-alkyl or cyclic N) is 1. The fraction of sp³-hybridized carbons (Fsp3) is 0.917. The quantitative estimate of drug-likeness (QED) is 0.776. The number of amides is 1. The van der Waals surface area contributed by atoms with Crippen molar-refractivity contribution in [2.45, 2.75) is 44.7 Å². The van der Waals surface area contributed by atoms with Crippen LogP contribution in [0.2, 0.25) is 0 Å². The Morgan fingerprint density at radius 3 is 2.50 bits per heavy atom. The maximum Gasteiger partial charge on any atom is 0.410 e. The molecule has 0 aromatic rings. The summed E-state index contributed by atoms with van der Waals surface area (Å²) in [5.74, 6) is 0. The van der Waals surface area contributed by atoms with Gasteiger partial charge in [-0.1, -0.05) is 0 Å². The molecule has 1 amide bonds. The second kappa shape index (κ2) is 5.03. The zero-order valence-corrected chi connectivity index (χ0v) is 11.1. The maximum absolute atomic E-state index is 11.8. The van der Waals surface area contributed by atoms with Gasteiger partial charge in [0, 0.05) is 0 Å². The van der Waals surface area contributed by atoms with Crippen molar-refractivity contribution in [3.8, 4) is 0 Å². The Balaban J connectivity index is 1.83. The predicted octanol–water partition coefficient (Wildman–Crippen LogP) is 0.382. The molecule has 2 aliphatic heterocycles. The summed E-state index contributed by atoms with van der Waals surface area (Å²) in [5, 5.41) is 9.86. The van der Waals surface area contributed by atoms with Crippen molar-refractivity contribution in [3.63, 3.8) is 0 Å². The van der Waals surface area contributed by atoms with E-state index in [0.717, 1.165) is 0 Å². The molecule has 1 N–H and O–H groups in total. The second-order valence-corrected chi connectivity index (χ2v) is 5.79. The predicted molar refractivity (Wildman–Crippen MR) is 63.3 cm³/mol. The molecule has 0 radical (unpaired) electrons. The Morgan fingerprint density at radius 2 is 2.00 bits per heavy atom. The fourth-order valence-corrected chi connectivity index (χ4v) is 1.91. The van der Waals surface area contributed by atoms with Gasteiger partial charge in [0.1, 0.15) is 17.8 Å². The Morgan fingerprint density at radius 1 is 1.33 bits per heavy atom. The van der Waals surface area contributed by atoms with E-state index in [-0.39, 0.29) is 18.8 Å². The van der Waals surface area contributed by atoms with E-state index < -0.39 is 17.8 Å². The Labute approximate surface area is 107 Å². The van der Waals surface area contributed by atoms with E-state index in [1.165, 1.54) is 4.90 Å². The van der Waals surface area contributed by atoms with Gasteiger partial charge in [0.05, 0.1) is 32.4 Å². The number of aliphatic hydroxyl groups excluding tert-OH is 1. The Bertz CT molecular complexity index is 310. The molecule has 18 heavy (non-hydrogen) atoms. The largest absolute Gasteiger partial charge is 0.444 e. The molecule has 0 bridgehead atoms. The van der Waals surface area contributed by atoms with Crippen molar-refractivity contribution in [2.24, 2.45) is 0 Å². The van der Waals surface area contributed by atoms with Gasteiger partial charge in [0.25, 0.3) is 0 Å². The van der Waals surface area contributed by atoms with Crippen LogP contribution < -0.4 is 0 Å². The summed E-state index contributed by atoms with van der Waals surface area (Å²) >= 11 is 0. The van der Waals surface area contributed by atoms with Crippen molar-refractivity contribution in [3.05, 3.63) is 0 Å². The Kier molecular flexibility index (Phi) is 3.79. The van der Waals surface area contributed by atoms with E-state index in [2.05, 4.69) is 0 Å². The minimum absolute atomic E-state index is 0.0447. The van der Waals surface area contributed by atoms with Crippen LogP contribution in [0, 0.1) is 0 Å². The lowest BCUT2D eigenvalue weighted by molar-refractivity contribution is -0.165. The zero-order chi connectivity index (χ0) is 13.3. The number of ether oxygens (including phenoxy) is 3. The van der Waals surface area contributed by atoms with Crippen LogP contribution in [-0.4, -0.2) is 66.3 Å². The highest BCUT2D eigenvalue weighted by atomic mass is 16.6. The van der Waals surface area contributed by atoms with Crippen LogP contribution in [0.1, 0.15) is 20.8 Å². The molecule has 104 valence electrons. The average Bonchev–Trinajstić information content (AvgIpc) is 2.51. The lowest BCUT2D eigenvalue weighted by Gasteiger charge is -2.30. The van der Waals surface area contributed by atoms with Gasteiger partial charge in [0.2, 0.25) is 0 Å².